The summed E-state index contributed by atoms with van der Waals surface area (Å²) in [5.74, 6) is 1.02. The summed E-state index contributed by atoms with van der Waals surface area (Å²) in [7, 11) is 0. The average Bonchev–Trinajstić information content (AvgIpc) is 2.49. The van der Waals surface area contributed by atoms with E-state index in [-0.39, 0.29) is 0 Å². The first-order valence-electron chi connectivity index (χ1n) is 6.44. The SMILES string of the molecule is C1=CNC(N2CCN(c3ccccc3)CC2)=NC1. The van der Waals surface area contributed by atoms with Gasteiger partial charge in [-0.2, -0.15) is 0 Å². The van der Waals surface area contributed by atoms with Crippen molar-refractivity contribution in [1.82, 2.24) is 10.2 Å². The van der Waals surface area contributed by atoms with E-state index >= 15 is 0 Å². The number of piperazine rings is 1. The molecule has 2 heterocycles. The van der Waals surface area contributed by atoms with Gasteiger partial charge in [-0.15, -0.1) is 0 Å². The quantitative estimate of drug-likeness (QED) is 0.805. The Morgan fingerprint density at radius 3 is 2.33 bits per heavy atom. The molecule has 0 atom stereocenters. The van der Waals surface area contributed by atoms with Gasteiger partial charge in [-0.05, 0) is 18.2 Å². The Labute approximate surface area is 108 Å². The third kappa shape index (κ3) is 2.32. The molecular weight excluding hydrogens is 224 g/mol. The summed E-state index contributed by atoms with van der Waals surface area (Å²) >= 11 is 0. The number of aliphatic imine (C=N–C) groups is 1. The van der Waals surface area contributed by atoms with Crippen molar-refractivity contribution in [3.8, 4) is 0 Å². The van der Waals surface area contributed by atoms with E-state index in [0.717, 1.165) is 38.7 Å². The zero-order valence-corrected chi connectivity index (χ0v) is 10.4. The Hall–Kier alpha value is -1.97. The maximum atomic E-state index is 4.48. The molecule has 1 fully saturated rings. The zero-order chi connectivity index (χ0) is 12.2. The molecule has 0 saturated carbocycles. The van der Waals surface area contributed by atoms with Crippen LogP contribution in [0.15, 0.2) is 47.6 Å². The maximum absolute atomic E-state index is 4.48. The number of guanidine groups is 1. The van der Waals surface area contributed by atoms with Crippen molar-refractivity contribution in [3.63, 3.8) is 0 Å². The molecule has 0 unspecified atom stereocenters. The van der Waals surface area contributed by atoms with E-state index < -0.39 is 0 Å². The number of hydrogen-bond acceptors (Lipinski definition) is 4. The fourth-order valence-corrected chi connectivity index (χ4v) is 2.38. The van der Waals surface area contributed by atoms with Crippen molar-refractivity contribution in [2.24, 2.45) is 4.99 Å². The number of anilines is 1. The first-order valence-corrected chi connectivity index (χ1v) is 6.44. The molecule has 0 bridgehead atoms. The molecule has 0 radical (unpaired) electrons. The Morgan fingerprint density at radius 2 is 1.67 bits per heavy atom. The van der Waals surface area contributed by atoms with Crippen LogP contribution in [0.25, 0.3) is 0 Å². The van der Waals surface area contributed by atoms with Crippen molar-refractivity contribution in [3.05, 3.63) is 42.6 Å². The van der Waals surface area contributed by atoms with E-state index in [1.807, 2.05) is 12.3 Å². The van der Waals surface area contributed by atoms with E-state index in [9.17, 15) is 0 Å². The third-order valence-electron chi connectivity index (χ3n) is 3.38. The zero-order valence-electron chi connectivity index (χ0n) is 10.4. The maximum Gasteiger partial charge on any atom is 0.198 e. The second-order valence-corrected chi connectivity index (χ2v) is 4.52. The fraction of sp³-hybridized carbons (Fsp3) is 0.357. The summed E-state index contributed by atoms with van der Waals surface area (Å²) in [6.45, 7) is 4.94. The second kappa shape index (κ2) is 5.12. The predicted molar refractivity (Wildman–Crippen MR) is 74.8 cm³/mol. The molecule has 2 aliphatic rings. The minimum atomic E-state index is 0.793. The average molecular weight is 242 g/mol. The van der Waals surface area contributed by atoms with Crippen LogP contribution in [0.3, 0.4) is 0 Å². The standard InChI is InChI=1S/C14H18N4/c1-2-5-13(6-3-1)17-9-11-18(12-10-17)14-15-7-4-8-16-14/h1-7H,8-12H2,(H,15,16). The highest BCUT2D eigenvalue weighted by molar-refractivity contribution is 5.82. The monoisotopic (exact) mass is 242 g/mol. The summed E-state index contributed by atoms with van der Waals surface area (Å²) < 4.78 is 0. The molecule has 3 rings (SSSR count). The molecule has 0 spiro atoms. The van der Waals surface area contributed by atoms with Crippen LogP contribution in [0.5, 0.6) is 0 Å². The fourth-order valence-electron chi connectivity index (χ4n) is 2.38. The number of hydrogen-bond donors (Lipinski definition) is 1. The lowest BCUT2D eigenvalue weighted by molar-refractivity contribution is 0.375. The van der Waals surface area contributed by atoms with Crippen LogP contribution in [0.1, 0.15) is 0 Å². The first-order chi connectivity index (χ1) is 8.93. The highest BCUT2D eigenvalue weighted by Crippen LogP contribution is 2.15. The molecule has 0 amide bonds. The molecule has 1 aromatic carbocycles. The van der Waals surface area contributed by atoms with Gasteiger partial charge in [-0.3, -0.25) is 0 Å². The molecule has 4 heteroatoms. The summed E-state index contributed by atoms with van der Waals surface area (Å²) in [6.07, 6.45) is 4.01. The van der Waals surface area contributed by atoms with Crippen molar-refractivity contribution in [2.75, 3.05) is 37.6 Å². The lowest BCUT2D eigenvalue weighted by Crippen LogP contribution is -2.52. The van der Waals surface area contributed by atoms with Gasteiger partial charge in [0, 0.05) is 38.1 Å². The van der Waals surface area contributed by atoms with Gasteiger partial charge in [0.2, 0.25) is 0 Å². The van der Waals surface area contributed by atoms with Crippen LogP contribution in [0.4, 0.5) is 5.69 Å². The number of nitrogens with one attached hydrogen (secondary N) is 1. The van der Waals surface area contributed by atoms with Crippen LogP contribution in [-0.2, 0) is 0 Å². The normalized spacial score (nSPS) is 19.4. The molecule has 0 aromatic heterocycles. The van der Waals surface area contributed by atoms with Crippen molar-refractivity contribution < 1.29 is 0 Å². The Bertz CT molecular complexity index is 444. The lowest BCUT2D eigenvalue weighted by Gasteiger charge is -2.37. The van der Waals surface area contributed by atoms with Gasteiger partial charge in [-0.25, -0.2) is 4.99 Å². The Morgan fingerprint density at radius 1 is 0.944 bits per heavy atom. The van der Waals surface area contributed by atoms with Gasteiger partial charge in [-0.1, -0.05) is 18.2 Å². The minimum absolute atomic E-state index is 0.793. The van der Waals surface area contributed by atoms with E-state index in [1.54, 1.807) is 0 Å². The van der Waals surface area contributed by atoms with E-state index in [0.29, 0.717) is 0 Å². The van der Waals surface area contributed by atoms with Gasteiger partial charge < -0.3 is 15.1 Å². The Kier molecular flexibility index (Phi) is 3.17. The number of rotatable bonds is 1. The van der Waals surface area contributed by atoms with Crippen LogP contribution < -0.4 is 10.2 Å². The van der Waals surface area contributed by atoms with Crippen molar-refractivity contribution in [1.29, 1.82) is 0 Å². The second-order valence-electron chi connectivity index (χ2n) is 4.52. The molecule has 4 nitrogen and oxygen atoms in total. The molecule has 2 aliphatic heterocycles. The van der Waals surface area contributed by atoms with Crippen LogP contribution >= 0.6 is 0 Å². The summed E-state index contributed by atoms with van der Waals surface area (Å²) in [6, 6.07) is 10.6. The van der Waals surface area contributed by atoms with Gasteiger partial charge >= 0.3 is 0 Å². The highest BCUT2D eigenvalue weighted by Gasteiger charge is 2.19. The number of para-hydroxylation sites is 1. The summed E-state index contributed by atoms with van der Waals surface area (Å²) in [5, 5.41) is 3.22. The Balaban J connectivity index is 1.60. The molecule has 1 N–H and O–H groups in total. The van der Waals surface area contributed by atoms with E-state index in [4.69, 9.17) is 0 Å². The minimum Gasteiger partial charge on any atom is -0.368 e. The molecule has 1 saturated heterocycles. The molecule has 1 aromatic rings. The topological polar surface area (TPSA) is 30.9 Å². The van der Waals surface area contributed by atoms with E-state index in [1.165, 1.54) is 5.69 Å². The largest absolute Gasteiger partial charge is 0.368 e. The molecule has 18 heavy (non-hydrogen) atoms. The van der Waals surface area contributed by atoms with Crippen molar-refractivity contribution in [2.45, 2.75) is 0 Å². The smallest absolute Gasteiger partial charge is 0.198 e. The van der Waals surface area contributed by atoms with Crippen LogP contribution in [-0.4, -0.2) is 43.6 Å². The highest BCUT2D eigenvalue weighted by atomic mass is 15.3. The third-order valence-corrected chi connectivity index (χ3v) is 3.38. The van der Waals surface area contributed by atoms with Gasteiger partial charge in [0.15, 0.2) is 5.96 Å². The van der Waals surface area contributed by atoms with Crippen LogP contribution in [0.2, 0.25) is 0 Å². The molecular formula is C14H18N4. The van der Waals surface area contributed by atoms with Crippen molar-refractivity contribution >= 4 is 11.6 Å². The number of nitrogens with zero attached hydrogens (tertiary/aromatic N) is 3. The molecule has 94 valence electrons. The summed E-state index contributed by atoms with van der Waals surface area (Å²) in [4.78, 5) is 9.23. The van der Waals surface area contributed by atoms with Gasteiger partial charge in [0.25, 0.3) is 0 Å². The van der Waals surface area contributed by atoms with Gasteiger partial charge in [0.05, 0.1) is 6.54 Å². The van der Waals surface area contributed by atoms with Crippen LogP contribution in [0, 0.1) is 0 Å². The number of benzene rings is 1. The van der Waals surface area contributed by atoms with E-state index in [2.05, 4.69) is 50.4 Å². The predicted octanol–water partition coefficient (Wildman–Crippen LogP) is 1.28. The van der Waals surface area contributed by atoms with Gasteiger partial charge in [0.1, 0.15) is 0 Å². The lowest BCUT2D eigenvalue weighted by atomic mass is 10.2. The summed E-state index contributed by atoms with van der Waals surface area (Å²) in [5.41, 5.74) is 1.32. The molecule has 0 aliphatic carbocycles. The first kappa shape index (κ1) is 11.1.